The summed E-state index contributed by atoms with van der Waals surface area (Å²) in [4.78, 5) is 21.9. The molecule has 0 aromatic heterocycles. The lowest BCUT2D eigenvalue weighted by molar-refractivity contribution is -0.384. The van der Waals surface area contributed by atoms with Crippen LogP contribution in [0, 0.1) is 16.0 Å². The molecule has 0 heterocycles. The van der Waals surface area contributed by atoms with E-state index in [9.17, 15) is 14.9 Å². The Hall–Kier alpha value is -1.82. The molecule has 6 nitrogen and oxygen atoms in total. The number of amides is 2. The van der Waals surface area contributed by atoms with Gasteiger partial charge in [0.15, 0.2) is 0 Å². The van der Waals surface area contributed by atoms with Gasteiger partial charge in [0.25, 0.3) is 5.69 Å². The average Bonchev–Trinajstić information content (AvgIpc) is 2.92. The molecule has 0 bridgehead atoms. The Bertz CT molecular complexity index is 516. The van der Waals surface area contributed by atoms with Gasteiger partial charge in [0.2, 0.25) is 0 Å². The molecule has 1 aromatic carbocycles. The molecule has 108 valence electrons. The largest absolute Gasteiger partial charge is 0.338 e. The van der Waals surface area contributed by atoms with Gasteiger partial charge in [-0.2, -0.15) is 0 Å². The molecule has 0 saturated heterocycles. The maximum Gasteiger partial charge on any atom is 0.319 e. The average molecular weight is 298 g/mol. The molecule has 2 rings (SSSR count). The molecule has 20 heavy (non-hydrogen) atoms. The van der Waals surface area contributed by atoms with E-state index in [-0.39, 0.29) is 22.4 Å². The van der Waals surface area contributed by atoms with E-state index >= 15 is 0 Å². The van der Waals surface area contributed by atoms with Crippen molar-refractivity contribution < 1.29 is 9.72 Å². The molecule has 0 atom stereocenters. The fourth-order valence-electron chi connectivity index (χ4n) is 2.34. The highest BCUT2D eigenvalue weighted by Crippen LogP contribution is 2.27. The Morgan fingerprint density at radius 1 is 1.40 bits per heavy atom. The number of rotatable bonds is 4. The fraction of sp³-hybridized carbons (Fsp3) is 0.462. The minimum Gasteiger partial charge on any atom is -0.338 e. The number of nitrogens with one attached hydrogen (secondary N) is 2. The summed E-state index contributed by atoms with van der Waals surface area (Å²) in [5, 5.41) is 16.3. The van der Waals surface area contributed by atoms with Crippen molar-refractivity contribution in [2.75, 3.05) is 11.9 Å². The molecule has 2 N–H and O–H groups in total. The Labute approximate surface area is 121 Å². The van der Waals surface area contributed by atoms with E-state index in [1.54, 1.807) is 0 Å². The van der Waals surface area contributed by atoms with Gasteiger partial charge in [-0.1, -0.05) is 24.4 Å². The van der Waals surface area contributed by atoms with Gasteiger partial charge in [0.1, 0.15) is 0 Å². The van der Waals surface area contributed by atoms with Crippen LogP contribution in [0.1, 0.15) is 25.7 Å². The first kappa shape index (κ1) is 14.6. The zero-order valence-electron chi connectivity index (χ0n) is 10.9. The van der Waals surface area contributed by atoms with Gasteiger partial charge in [0, 0.05) is 18.7 Å². The number of hydrogen-bond acceptors (Lipinski definition) is 3. The third-order valence-corrected chi connectivity index (χ3v) is 3.76. The molecule has 1 aliphatic carbocycles. The minimum absolute atomic E-state index is 0.111. The van der Waals surface area contributed by atoms with Crippen molar-refractivity contribution in [1.82, 2.24) is 5.32 Å². The predicted octanol–water partition coefficient (Wildman–Crippen LogP) is 3.56. The second-order valence-electron chi connectivity index (χ2n) is 4.91. The van der Waals surface area contributed by atoms with E-state index in [1.807, 2.05) is 0 Å². The summed E-state index contributed by atoms with van der Waals surface area (Å²) in [5.41, 5.74) is 0.130. The highest BCUT2D eigenvalue weighted by molar-refractivity contribution is 6.33. The number of carbonyl (C=O) groups is 1. The molecule has 1 fully saturated rings. The number of nitro groups is 1. The molecule has 0 radical (unpaired) electrons. The second kappa shape index (κ2) is 6.56. The molecule has 2 amide bonds. The maximum atomic E-state index is 11.8. The first-order valence-electron chi connectivity index (χ1n) is 6.55. The van der Waals surface area contributed by atoms with Crippen molar-refractivity contribution in [3.05, 3.63) is 33.3 Å². The minimum atomic E-state index is -0.530. The van der Waals surface area contributed by atoms with Crippen LogP contribution in [-0.4, -0.2) is 17.5 Å². The number of urea groups is 1. The van der Waals surface area contributed by atoms with Crippen LogP contribution in [0.2, 0.25) is 5.02 Å². The van der Waals surface area contributed by atoms with Gasteiger partial charge in [-0.25, -0.2) is 4.79 Å². The van der Waals surface area contributed by atoms with Crippen LogP contribution in [0.25, 0.3) is 0 Å². The number of non-ortho nitro benzene ring substituents is 1. The standard InChI is InChI=1S/C13H16ClN3O3/c14-11-6-5-10(17(19)20)7-12(11)16-13(18)15-8-9-3-1-2-4-9/h5-7,9H,1-4,8H2,(H2,15,16,18). The van der Waals surface area contributed by atoms with E-state index in [4.69, 9.17) is 11.6 Å². The third-order valence-electron chi connectivity index (χ3n) is 3.44. The summed E-state index contributed by atoms with van der Waals surface area (Å²) in [7, 11) is 0. The van der Waals surface area contributed by atoms with Gasteiger partial charge >= 0.3 is 6.03 Å². The van der Waals surface area contributed by atoms with Crippen molar-refractivity contribution in [1.29, 1.82) is 0 Å². The zero-order chi connectivity index (χ0) is 14.5. The van der Waals surface area contributed by atoms with Crippen molar-refractivity contribution in [2.24, 2.45) is 5.92 Å². The molecule has 1 aliphatic rings. The van der Waals surface area contributed by atoms with E-state index in [2.05, 4.69) is 10.6 Å². The summed E-state index contributed by atoms with van der Waals surface area (Å²) in [6, 6.07) is 3.55. The fourth-order valence-corrected chi connectivity index (χ4v) is 2.51. The molecule has 1 aromatic rings. The van der Waals surface area contributed by atoms with Crippen LogP contribution in [0.5, 0.6) is 0 Å². The molecule has 1 saturated carbocycles. The van der Waals surface area contributed by atoms with Crippen LogP contribution >= 0.6 is 11.6 Å². The van der Waals surface area contributed by atoms with Crippen LogP contribution in [-0.2, 0) is 0 Å². The second-order valence-corrected chi connectivity index (χ2v) is 5.31. The molecule has 7 heteroatoms. The van der Waals surface area contributed by atoms with Crippen molar-refractivity contribution in [3.8, 4) is 0 Å². The molecular formula is C13H16ClN3O3. The van der Waals surface area contributed by atoms with Crippen molar-refractivity contribution in [3.63, 3.8) is 0 Å². The van der Waals surface area contributed by atoms with E-state index in [1.165, 1.54) is 31.0 Å². The summed E-state index contributed by atoms with van der Waals surface area (Å²) in [6.45, 7) is 0.623. The van der Waals surface area contributed by atoms with Gasteiger partial charge in [-0.05, 0) is 24.8 Å². The first-order valence-corrected chi connectivity index (χ1v) is 6.93. The lowest BCUT2D eigenvalue weighted by Crippen LogP contribution is -2.32. The van der Waals surface area contributed by atoms with Crippen LogP contribution < -0.4 is 10.6 Å². The van der Waals surface area contributed by atoms with Crippen LogP contribution in [0.3, 0.4) is 0 Å². The lowest BCUT2D eigenvalue weighted by Gasteiger charge is -2.12. The zero-order valence-corrected chi connectivity index (χ0v) is 11.7. The van der Waals surface area contributed by atoms with Crippen molar-refractivity contribution >= 4 is 29.0 Å². The molecule has 0 aliphatic heterocycles. The molecule has 0 unspecified atom stereocenters. The van der Waals surface area contributed by atoms with E-state index in [0.29, 0.717) is 12.5 Å². The number of benzene rings is 1. The van der Waals surface area contributed by atoms with Crippen LogP contribution in [0.15, 0.2) is 18.2 Å². The topological polar surface area (TPSA) is 84.3 Å². The van der Waals surface area contributed by atoms with Crippen LogP contribution in [0.4, 0.5) is 16.2 Å². The van der Waals surface area contributed by atoms with Crippen molar-refractivity contribution in [2.45, 2.75) is 25.7 Å². The Morgan fingerprint density at radius 3 is 2.75 bits per heavy atom. The summed E-state index contributed by atoms with van der Waals surface area (Å²) >= 11 is 5.91. The Balaban J connectivity index is 1.92. The number of carbonyl (C=O) groups excluding carboxylic acids is 1. The molecule has 0 spiro atoms. The Morgan fingerprint density at radius 2 is 2.10 bits per heavy atom. The van der Waals surface area contributed by atoms with E-state index < -0.39 is 4.92 Å². The highest BCUT2D eigenvalue weighted by atomic mass is 35.5. The number of halogens is 1. The first-order chi connectivity index (χ1) is 9.56. The van der Waals surface area contributed by atoms with Gasteiger partial charge in [0.05, 0.1) is 15.6 Å². The smallest absolute Gasteiger partial charge is 0.319 e. The van der Waals surface area contributed by atoms with Gasteiger partial charge in [-0.15, -0.1) is 0 Å². The summed E-state index contributed by atoms with van der Waals surface area (Å²) in [6.07, 6.45) is 4.70. The predicted molar refractivity (Wildman–Crippen MR) is 77.1 cm³/mol. The molecular weight excluding hydrogens is 282 g/mol. The SMILES string of the molecule is O=C(NCC1CCCC1)Nc1cc([N+](=O)[O-])ccc1Cl. The number of nitro benzene ring substituents is 1. The lowest BCUT2D eigenvalue weighted by atomic mass is 10.1. The number of anilines is 1. The normalized spacial score (nSPS) is 15.1. The quantitative estimate of drug-likeness (QED) is 0.658. The summed E-state index contributed by atoms with van der Waals surface area (Å²) in [5.74, 6) is 0.529. The van der Waals surface area contributed by atoms with Gasteiger partial charge < -0.3 is 10.6 Å². The number of hydrogen-bond donors (Lipinski definition) is 2. The monoisotopic (exact) mass is 297 g/mol. The van der Waals surface area contributed by atoms with Gasteiger partial charge in [-0.3, -0.25) is 10.1 Å². The Kier molecular flexibility index (Phi) is 4.79. The summed E-state index contributed by atoms with van der Waals surface area (Å²) < 4.78 is 0. The van der Waals surface area contributed by atoms with E-state index in [0.717, 1.165) is 12.8 Å². The third kappa shape index (κ3) is 3.84. The highest BCUT2D eigenvalue weighted by Gasteiger charge is 2.16. The number of nitrogens with zero attached hydrogens (tertiary/aromatic N) is 1. The maximum absolute atomic E-state index is 11.8.